The van der Waals surface area contributed by atoms with Crippen LogP contribution in [0, 0.1) is 26.6 Å². The molecule has 0 spiro atoms. The molecule has 0 saturated carbocycles. The quantitative estimate of drug-likeness (QED) is 0.579. The maximum absolute atomic E-state index is 13.7. The van der Waals surface area contributed by atoms with Gasteiger partial charge in [-0.3, -0.25) is 4.79 Å². The SMILES string of the molecule is Cc1cc(F)cc(Oc2cccc(C3CC(=O)Cc4cc(C)c(C)cc4N3)c2)c1. The maximum Gasteiger partial charge on any atom is 0.139 e. The van der Waals surface area contributed by atoms with Gasteiger partial charge in [-0.25, -0.2) is 4.39 Å². The molecule has 3 nitrogen and oxygen atoms in total. The van der Waals surface area contributed by atoms with Gasteiger partial charge in [0.1, 0.15) is 23.1 Å². The zero-order valence-corrected chi connectivity index (χ0v) is 16.9. The number of ether oxygens (including phenoxy) is 1. The minimum atomic E-state index is -0.325. The molecule has 1 atom stereocenters. The summed E-state index contributed by atoms with van der Waals surface area (Å²) in [6, 6.07) is 16.3. The Balaban J connectivity index is 1.63. The third kappa shape index (κ3) is 4.32. The summed E-state index contributed by atoms with van der Waals surface area (Å²) in [4.78, 5) is 12.6. The Morgan fingerprint density at radius 3 is 2.55 bits per heavy atom. The number of carbonyl (C=O) groups is 1. The highest BCUT2D eigenvalue weighted by molar-refractivity contribution is 5.85. The Morgan fingerprint density at radius 1 is 0.966 bits per heavy atom. The monoisotopic (exact) mass is 389 g/mol. The van der Waals surface area contributed by atoms with Crippen molar-refractivity contribution in [1.29, 1.82) is 0 Å². The van der Waals surface area contributed by atoms with Gasteiger partial charge in [-0.2, -0.15) is 0 Å². The number of anilines is 1. The van der Waals surface area contributed by atoms with Crippen molar-refractivity contribution in [1.82, 2.24) is 0 Å². The van der Waals surface area contributed by atoms with Crippen molar-refractivity contribution in [3.8, 4) is 11.5 Å². The molecule has 1 N–H and O–H groups in total. The second-order valence-electron chi connectivity index (χ2n) is 7.85. The van der Waals surface area contributed by atoms with Crippen molar-refractivity contribution >= 4 is 11.5 Å². The van der Waals surface area contributed by atoms with Crippen LogP contribution in [-0.4, -0.2) is 5.78 Å². The maximum atomic E-state index is 13.7. The Morgan fingerprint density at radius 2 is 1.76 bits per heavy atom. The predicted molar refractivity (Wildman–Crippen MR) is 113 cm³/mol. The van der Waals surface area contributed by atoms with Gasteiger partial charge in [0.25, 0.3) is 0 Å². The van der Waals surface area contributed by atoms with Crippen LogP contribution in [0.15, 0.2) is 54.6 Å². The van der Waals surface area contributed by atoms with Crippen LogP contribution < -0.4 is 10.1 Å². The van der Waals surface area contributed by atoms with E-state index in [0.29, 0.717) is 24.3 Å². The largest absolute Gasteiger partial charge is 0.457 e. The highest BCUT2D eigenvalue weighted by atomic mass is 19.1. The van der Waals surface area contributed by atoms with Gasteiger partial charge in [-0.05, 0) is 78.9 Å². The molecule has 1 unspecified atom stereocenters. The minimum Gasteiger partial charge on any atom is -0.457 e. The summed E-state index contributed by atoms with van der Waals surface area (Å²) in [6.45, 7) is 5.97. The van der Waals surface area contributed by atoms with Gasteiger partial charge in [0, 0.05) is 24.6 Å². The molecule has 0 fully saturated rings. The number of ketones is 1. The molecule has 4 rings (SSSR count). The summed E-state index contributed by atoms with van der Waals surface area (Å²) in [5.41, 5.74) is 6.21. The first-order valence-corrected chi connectivity index (χ1v) is 9.81. The van der Waals surface area contributed by atoms with E-state index in [1.54, 1.807) is 6.07 Å². The first kappa shape index (κ1) is 19.2. The number of halogens is 1. The van der Waals surface area contributed by atoms with Gasteiger partial charge in [0.15, 0.2) is 0 Å². The van der Waals surface area contributed by atoms with Crippen LogP contribution in [0.4, 0.5) is 10.1 Å². The first-order chi connectivity index (χ1) is 13.9. The summed E-state index contributed by atoms with van der Waals surface area (Å²) < 4.78 is 19.5. The van der Waals surface area contributed by atoms with Gasteiger partial charge >= 0.3 is 0 Å². The van der Waals surface area contributed by atoms with E-state index in [-0.39, 0.29) is 17.6 Å². The topological polar surface area (TPSA) is 38.3 Å². The van der Waals surface area contributed by atoms with Gasteiger partial charge < -0.3 is 10.1 Å². The standard InChI is InChI=1S/C25H24FNO2/c1-15-7-20(26)13-23(8-15)29-22-6-4-5-18(12-22)25-14-21(28)11-19-9-16(2)17(3)10-24(19)27-25/h4-10,12-13,25,27H,11,14H2,1-3H3. The molecule has 29 heavy (non-hydrogen) atoms. The number of Topliss-reactive ketones (excluding diaryl/α,β-unsaturated/α-hetero) is 1. The molecule has 3 aromatic carbocycles. The van der Waals surface area contributed by atoms with Crippen LogP contribution in [0.25, 0.3) is 0 Å². The molecule has 1 aliphatic rings. The van der Waals surface area contributed by atoms with Crippen molar-refractivity contribution < 1.29 is 13.9 Å². The summed E-state index contributed by atoms with van der Waals surface area (Å²) in [7, 11) is 0. The number of fused-ring (bicyclic) bond motifs is 1. The van der Waals surface area contributed by atoms with Crippen molar-refractivity contribution in [3.05, 3.63) is 88.2 Å². The molecule has 3 aromatic rings. The molecule has 148 valence electrons. The van der Waals surface area contributed by atoms with Crippen LogP contribution in [0.1, 0.15) is 40.3 Å². The lowest BCUT2D eigenvalue weighted by Gasteiger charge is -2.20. The zero-order chi connectivity index (χ0) is 20.5. The Bertz CT molecular complexity index is 1070. The van der Waals surface area contributed by atoms with Crippen LogP contribution >= 0.6 is 0 Å². The molecular formula is C25H24FNO2. The van der Waals surface area contributed by atoms with Gasteiger partial charge in [-0.15, -0.1) is 0 Å². The molecule has 1 aliphatic heterocycles. The van der Waals surface area contributed by atoms with Gasteiger partial charge in [0.2, 0.25) is 0 Å². The van der Waals surface area contributed by atoms with Gasteiger partial charge in [-0.1, -0.05) is 18.2 Å². The fourth-order valence-electron chi connectivity index (χ4n) is 3.80. The molecule has 0 saturated heterocycles. The average molecular weight is 389 g/mol. The van der Waals surface area contributed by atoms with E-state index in [2.05, 4.69) is 31.3 Å². The normalized spacial score (nSPS) is 16.0. The van der Waals surface area contributed by atoms with E-state index < -0.39 is 0 Å². The number of aryl methyl sites for hydroxylation is 3. The third-order valence-corrected chi connectivity index (χ3v) is 5.38. The molecule has 0 amide bonds. The second kappa shape index (κ2) is 7.70. The highest BCUT2D eigenvalue weighted by Crippen LogP contribution is 2.34. The lowest BCUT2D eigenvalue weighted by atomic mass is 9.99. The Kier molecular flexibility index (Phi) is 5.10. The number of carbonyl (C=O) groups excluding carboxylic acids is 1. The van der Waals surface area contributed by atoms with Crippen molar-refractivity contribution in [3.63, 3.8) is 0 Å². The summed E-state index contributed by atoms with van der Waals surface area (Å²) in [5.74, 6) is 0.957. The molecular weight excluding hydrogens is 365 g/mol. The molecule has 0 aromatic heterocycles. The van der Waals surface area contributed by atoms with E-state index in [9.17, 15) is 9.18 Å². The molecule has 0 aliphatic carbocycles. The smallest absolute Gasteiger partial charge is 0.139 e. The summed E-state index contributed by atoms with van der Waals surface area (Å²) in [5, 5.41) is 3.55. The average Bonchev–Trinajstić information content (AvgIpc) is 2.79. The Labute approximate surface area is 170 Å². The number of rotatable bonds is 3. The van der Waals surface area contributed by atoms with E-state index in [0.717, 1.165) is 22.4 Å². The van der Waals surface area contributed by atoms with E-state index >= 15 is 0 Å². The van der Waals surface area contributed by atoms with Crippen molar-refractivity contribution in [2.75, 3.05) is 5.32 Å². The fraction of sp³-hybridized carbons (Fsp3) is 0.240. The number of hydrogen-bond donors (Lipinski definition) is 1. The highest BCUT2D eigenvalue weighted by Gasteiger charge is 2.23. The summed E-state index contributed by atoms with van der Waals surface area (Å²) in [6.07, 6.45) is 0.855. The molecule has 0 bridgehead atoms. The predicted octanol–water partition coefficient (Wildman–Crippen LogP) is 6.21. The van der Waals surface area contributed by atoms with Crippen LogP contribution in [0.2, 0.25) is 0 Å². The van der Waals surface area contributed by atoms with Crippen LogP contribution in [0.3, 0.4) is 0 Å². The summed E-state index contributed by atoms with van der Waals surface area (Å²) >= 11 is 0. The minimum absolute atomic E-state index is 0.136. The fourth-order valence-corrected chi connectivity index (χ4v) is 3.80. The van der Waals surface area contributed by atoms with Crippen molar-refractivity contribution in [2.45, 2.75) is 39.7 Å². The van der Waals surface area contributed by atoms with Crippen LogP contribution in [0.5, 0.6) is 11.5 Å². The number of nitrogens with one attached hydrogen (secondary N) is 1. The first-order valence-electron chi connectivity index (χ1n) is 9.81. The van der Waals surface area contributed by atoms with Crippen LogP contribution in [-0.2, 0) is 11.2 Å². The van der Waals surface area contributed by atoms with E-state index in [1.165, 1.54) is 23.3 Å². The lowest BCUT2D eigenvalue weighted by Crippen LogP contribution is -2.13. The second-order valence-corrected chi connectivity index (χ2v) is 7.85. The van der Waals surface area contributed by atoms with E-state index in [1.807, 2.05) is 31.2 Å². The molecule has 1 heterocycles. The Hall–Kier alpha value is -3.14. The molecule has 0 radical (unpaired) electrons. The number of hydrogen-bond acceptors (Lipinski definition) is 3. The molecule has 4 heteroatoms. The lowest BCUT2D eigenvalue weighted by molar-refractivity contribution is -0.118. The zero-order valence-electron chi connectivity index (χ0n) is 16.9. The number of benzene rings is 3. The van der Waals surface area contributed by atoms with E-state index in [4.69, 9.17) is 4.74 Å². The third-order valence-electron chi connectivity index (χ3n) is 5.38. The van der Waals surface area contributed by atoms with Gasteiger partial charge in [0.05, 0.1) is 6.04 Å². The van der Waals surface area contributed by atoms with Crippen molar-refractivity contribution in [2.24, 2.45) is 0 Å².